The van der Waals surface area contributed by atoms with Crippen LogP contribution in [0.5, 0.6) is 5.75 Å². The molecule has 8 heteroatoms. The molecule has 0 radical (unpaired) electrons. The first-order chi connectivity index (χ1) is 15.2. The highest BCUT2D eigenvalue weighted by Gasteiger charge is 2.40. The number of aromatic nitrogens is 1. The van der Waals surface area contributed by atoms with Gasteiger partial charge in [0.15, 0.2) is 5.60 Å². The van der Waals surface area contributed by atoms with Crippen LogP contribution >= 0.6 is 11.6 Å². The maximum absolute atomic E-state index is 12.9. The van der Waals surface area contributed by atoms with Crippen LogP contribution in [0.2, 0.25) is 5.02 Å². The van der Waals surface area contributed by atoms with Gasteiger partial charge in [0.1, 0.15) is 11.6 Å². The molecule has 7 nitrogen and oxygen atoms in total. The number of halogens is 1. The average molecular weight is 457 g/mol. The molecule has 2 aliphatic heterocycles. The number of carbonyl (C=O) groups excluding carboxylic acids is 2. The second kappa shape index (κ2) is 8.98. The molecular formula is C24H29ClN4O3. The molecule has 170 valence electrons. The Balaban J connectivity index is 1.38. The molecule has 0 saturated carbocycles. The number of amides is 2. The lowest BCUT2D eigenvalue weighted by Gasteiger charge is -2.38. The van der Waals surface area contributed by atoms with Crippen molar-refractivity contribution in [2.24, 2.45) is 5.92 Å². The number of benzene rings is 1. The predicted molar refractivity (Wildman–Crippen MR) is 127 cm³/mol. The van der Waals surface area contributed by atoms with Crippen LogP contribution in [0.15, 0.2) is 36.5 Å². The van der Waals surface area contributed by atoms with Gasteiger partial charge in [-0.3, -0.25) is 9.59 Å². The van der Waals surface area contributed by atoms with Crippen molar-refractivity contribution in [1.29, 1.82) is 0 Å². The number of pyridine rings is 1. The second-order valence-corrected chi connectivity index (χ2v) is 9.49. The highest BCUT2D eigenvalue weighted by molar-refractivity contribution is 6.31. The third kappa shape index (κ3) is 4.83. The van der Waals surface area contributed by atoms with Crippen LogP contribution in [-0.4, -0.2) is 42.0 Å². The molecular weight excluding hydrogens is 428 g/mol. The average Bonchev–Trinajstić information content (AvgIpc) is 2.76. The fourth-order valence-corrected chi connectivity index (χ4v) is 4.25. The van der Waals surface area contributed by atoms with Crippen molar-refractivity contribution in [2.75, 3.05) is 34.8 Å². The summed E-state index contributed by atoms with van der Waals surface area (Å²) >= 11 is 6.12. The van der Waals surface area contributed by atoms with Gasteiger partial charge in [0.25, 0.3) is 5.91 Å². The number of ether oxygens (including phenoxy) is 1. The molecule has 4 rings (SSSR count). The van der Waals surface area contributed by atoms with Gasteiger partial charge in [-0.25, -0.2) is 4.98 Å². The normalized spacial score (nSPS) is 18.2. The van der Waals surface area contributed by atoms with Gasteiger partial charge in [0.05, 0.1) is 17.6 Å². The lowest BCUT2D eigenvalue weighted by molar-refractivity contribution is -0.132. The van der Waals surface area contributed by atoms with Crippen LogP contribution in [0.3, 0.4) is 0 Å². The van der Waals surface area contributed by atoms with E-state index in [2.05, 4.69) is 22.1 Å². The Morgan fingerprint density at radius 1 is 1.25 bits per heavy atom. The van der Waals surface area contributed by atoms with Crippen LogP contribution < -0.4 is 19.9 Å². The van der Waals surface area contributed by atoms with E-state index in [1.165, 1.54) is 12.8 Å². The molecule has 1 aromatic heterocycles. The third-order valence-electron chi connectivity index (χ3n) is 6.04. The first kappa shape index (κ1) is 22.4. The largest absolute Gasteiger partial charge is 0.476 e. The first-order valence-electron chi connectivity index (χ1n) is 11.0. The summed E-state index contributed by atoms with van der Waals surface area (Å²) in [4.78, 5) is 33.9. The summed E-state index contributed by atoms with van der Waals surface area (Å²) < 4.78 is 5.82. The van der Waals surface area contributed by atoms with E-state index >= 15 is 0 Å². The second-order valence-electron chi connectivity index (χ2n) is 9.05. The molecule has 0 atom stereocenters. The van der Waals surface area contributed by atoms with Gasteiger partial charge in [-0.15, -0.1) is 0 Å². The molecule has 1 fully saturated rings. The molecule has 2 amide bonds. The standard InChI is InChI=1S/C24H29ClN4O3/c1-16-8-11-28(12-9-16)21-7-5-18(15-26-21)27-22(30)10-13-29-19-14-17(25)4-6-20(19)32-24(2,3)23(29)31/h4-7,14-16H,8-13H2,1-3H3,(H,27,30). The molecule has 2 aromatic rings. The van der Waals surface area contributed by atoms with Crippen molar-refractivity contribution in [1.82, 2.24) is 4.98 Å². The number of fused-ring (bicyclic) bond motifs is 1. The summed E-state index contributed by atoms with van der Waals surface area (Å²) in [7, 11) is 0. The molecule has 3 heterocycles. The summed E-state index contributed by atoms with van der Waals surface area (Å²) in [5, 5.41) is 3.38. The highest BCUT2D eigenvalue weighted by atomic mass is 35.5. The van der Waals surface area contributed by atoms with Gasteiger partial charge in [-0.05, 0) is 62.9 Å². The molecule has 32 heavy (non-hydrogen) atoms. The quantitative estimate of drug-likeness (QED) is 0.716. The third-order valence-corrected chi connectivity index (χ3v) is 6.27. The summed E-state index contributed by atoms with van der Waals surface area (Å²) in [5.74, 6) is 1.88. The number of anilines is 3. The minimum Gasteiger partial charge on any atom is -0.476 e. The van der Waals surface area contributed by atoms with Gasteiger partial charge in [-0.1, -0.05) is 18.5 Å². The minimum atomic E-state index is -1.01. The van der Waals surface area contributed by atoms with Gasteiger partial charge in [0.2, 0.25) is 5.91 Å². The van der Waals surface area contributed by atoms with Crippen molar-refractivity contribution in [3.63, 3.8) is 0 Å². The zero-order chi connectivity index (χ0) is 22.9. The molecule has 0 spiro atoms. The molecule has 2 aliphatic rings. The lowest BCUT2D eigenvalue weighted by Crippen LogP contribution is -2.53. The van der Waals surface area contributed by atoms with E-state index in [0.29, 0.717) is 22.1 Å². The van der Waals surface area contributed by atoms with Gasteiger partial charge >= 0.3 is 0 Å². The van der Waals surface area contributed by atoms with E-state index in [9.17, 15) is 9.59 Å². The number of hydrogen-bond donors (Lipinski definition) is 1. The summed E-state index contributed by atoms with van der Waals surface area (Å²) in [5.41, 5.74) is 0.209. The molecule has 1 aromatic carbocycles. The van der Waals surface area contributed by atoms with Gasteiger partial charge in [0, 0.05) is 31.1 Å². The number of nitrogens with zero attached hydrogens (tertiary/aromatic N) is 3. The minimum absolute atomic E-state index is 0.138. The van der Waals surface area contributed by atoms with Crippen molar-refractivity contribution < 1.29 is 14.3 Å². The van der Waals surface area contributed by atoms with Crippen molar-refractivity contribution >= 4 is 40.6 Å². The van der Waals surface area contributed by atoms with Crippen LogP contribution in [-0.2, 0) is 9.59 Å². The fourth-order valence-electron chi connectivity index (χ4n) is 4.08. The van der Waals surface area contributed by atoms with Crippen molar-refractivity contribution in [3.8, 4) is 5.75 Å². The van der Waals surface area contributed by atoms with Crippen LogP contribution in [0.4, 0.5) is 17.2 Å². The predicted octanol–water partition coefficient (Wildman–Crippen LogP) is 4.50. The summed E-state index contributed by atoms with van der Waals surface area (Å²) in [6.07, 6.45) is 4.17. The van der Waals surface area contributed by atoms with Gasteiger partial charge in [-0.2, -0.15) is 0 Å². The van der Waals surface area contributed by atoms with E-state index in [4.69, 9.17) is 16.3 Å². The lowest BCUT2D eigenvalue weighted by atomic mass is 9.99. The Labute approximate surface area is 193 Å². The van der Waals surface area contributed by atoms with E-state index in [-0.39, 0.29) is 24.8 Å². The molecule has 0 unspecified atom stereocenters. The van der Waals surface area contributed by atoms with E-state index in [1.54, 1.807) is 43.1 Å². The van der Waals surface area contributed by atoms with E-state index in [1.807, 2.05) is 12.1 Å². The number of nitrogens with one attached hydrogen (secondary N) is 1. The molecule has 0 bridgehead atoms. The monoisotopic (exact) mass is 456 g/mol. The Morgan fingerprint density at radius 3 is 2.69 bits per heavy atom. The van der Waals surface area contributed by atoms with Gasteiger partial charge < -0.3 is 19.9 Å². The van der Waals surface area contributed by atoms with E-state index < -0.39 is 5.60 Å². The van der Waals surface area contributed by atoms with Crippen LogP contribution in [0.25, 0.3) is 0 Å². The smallest absolute Gasteiger partial charge is 0.270 e. The van der Waals surface area contributed by atoms with E-state index in [0.717, 1.165) is 24.8 Å². The summed E-state index contributed by atoms with van der Waals surface area (Å²) in [6.45, 7) is 7.96. The zero-order valence-electron chi connectivity index (χ0n) is 18.7. The number of carbonyl (C=O) groups is 2. The number of hydrogen-bond acceptors (Lipinski definition) is 5. The SMILES string of the molecule is CC1CCN(c2ccc(NC(=O)CCN3C(=O)C(C)(C)Oc4ccc(Cl)cc43)cn2)CC1. The Hall–Kier alpha value is -2.80. The number of rotatable bonds is 5. The summed E-state index contributed by atoms with van der Waals surface area (Å²) in [6, 6.07) is 8.97. The highest BCUT2D eigenvalue weighted by Crippen LogP contribution is 2.39. The first-order valence-corrected chi connectivity index (χ1v) is 11.4. The zero-order valence-corrected chi connectivity index (χ0v) is 19.5. The van der Waals surface area contributed by atoms with Crippen LogP contribution in [0.1, 0.15) is 40.0 Å². The van der Waals surface area contributed by atoms with Crippen molar-refractivity contribution in [2.45, 2.75) is 45.6 Å². The molecule has 1 N–H and O–H groups in total. The Kier molecular flexibility index (Phi) is 6.29. The van der Waals surface area contributed by atoms with Crippen molar-refractivity contribution in [3.05, 3.63) is 41.6 Å². The Bertz CT molecular complexity index is 1000. The fraction of sp³-hybridized carbons (Fsp3) is 0.458. The Morgan fingerprint density at radius 2 is 2.00 bits per heavy atom. The van der Waals surface area contributed by atoms with Crippen LogP contribution in [0, 0.1) is 5.92 Å². The molecule has 0 aliphatic carbocycles. The molecule has 1 saturated heterocycles. The maximum Gasteiger partial charge on any atom is 0.270 e. The topological polar surface area (TPSA) is 74.8 Å². The number of piperidine rings is 1. The maximum atomic E-state index is 12.9.